The number of nitrogens with zero attached hydrogens (tertiary/aromatic N) is 1. The van der Waals surface area contributed by atoms with Crippen molar-refractivity contribution >= 4 is 12.0 Å². The van der Waals surface area contributed by atoms with E-state index in [-0.39, 0.29) is 5.60 Å². The number of carboxylic acid groups (broad SMARTS) is 1. The molecule has 1 spiro atoms. The molecule has 0 aliphatic carbocycles. The highest BCUT2D eigenvalue weighted by Crippen LogP contribution is 2.38. The molecule has 1 saturated heterocycles. The highest BCUT2D eigenvalue weighted by molar-refractivity contribution is 5.73. The first-order valence-electron chi connectivity index (χ1n) is 7.89. The highest BCUT2D eigenvalue weighted by atomic mass is 16.5. The molecule has 0 aromatic heterocycles. The number of fused-ring (bicyclic) bond motifs is 1. The zero-order valence-corrected chi connectivity index (χ0v) is 13.4. The third-order valence-electron chi connectivity index (χ3n) is 4.78. The second-order valence-electron chi connectivity index (χ2n) is 6.69. The third kappa shape index (κ3) is 2.63. The summed E-state index contributed by atoms with van der Waals surface area (Å²) in [4.78, 5) is 13.1. The summed E-state index contributed by atoms with van der Waals surface area (Å²) in [6.45, 7) is 7.47. The number of aliphatic carboxylic acids is 1. The van der Waals surface area contributed by atoms with Crippen LogP contribution >= 0.6 is 0 Å². The van der Waals surface area contributed by atoms with Gasteiger partial charge in [0.1, 0.15) is 17.4 Å². The van der Waals surface area contributed by atoms with Crippen molar-refractivity contribution in [2.45, 2.75) is 44.8 Å². The Hall–Kier alpha value is -1.81. The molecule has 4 nitrogen and oxygen atoms in total. The van der Waals surface area contributed by atoms with Crippen molar-refractivity contribution in [2.75, 3.05) is 13.1 Å². The summed E-state index contributed by atoms with van der Waals surface area (Å²) in [5.74, 6) is 0.614. The average Bonchev–Trinajstić information content (AvgIpc) is 2.89. The van der Waals surface area contributed by atoms with Gasteiger partial charge in [-0.1, -0.05) is 26.0 Å². The van der Waals surface area contributed by atoms with Gasteiger partial charge in [-0.25, -0.2) is 0 Å². The molecule has 2 aliphatic heterocycles. The molecule has 0 bridgehead atoms. The first kappa shape index (κ1) is 15.1. The fourth-order valence-corrected chi connectivity index (χ4v) is 3.18. The molecule has 3 rings (SSSR count). The maximum absolute atomic E-state index is 11.2. The van der Waals surface area contributed by atoms with Crippen molar-refractivity contribution in [1.82, 2.24) is 4.90 Å². The maximum atomic E-state index is 11.2. The van der Waals surface area contributed by atoms with Crippen LogP contribution in [-0.4, -0.2) is 40.7 Å². The van der Waals surface area contributed by atoms with E-state index < -0.39 is 12.0 Å². The molecule has 118 valence electrons. The second-order valence-corrected chi connectivity index (χ2v) is 6.69. The van der Waals surface area contributed by atoms with Crippen molar-refractivity contribution in [3.05, 3.63) is 35.4 Å². The lowest BCUT2D eigenvalue weighted by Crippen LogP contribution is -2.43. The number of carbonyl (C=O) groups is 1. The summed E-state index contributed by atoms with van der Waals surface area (Å²) in [6, 6.07) is 5.86. The molecule has 2 atom stereocenters. The fourth-order valence-electron chi connectivity index (χ4n) is 3.18. The van der Waals surface area contributed by atoms with Crippen LogP contribution < -0.4 is 4.74 Å². The number of benzene rings is 1. The van der Waals surface area contributed by atoms with Gasteiger partial charge < -0.3 is 9.84 Å². The van der Waals surface area contributed by atoms with Crippen LogP contribution in [0.1, 0.15) is 44.2 Å². The van der Waals surface area contributed by atoms with Crippen molar-refractivity contribution in [2.24, 2.45) is 0 Å². The number of ether oxygens (including phenoxy) is 1. The van der Waals surface area contributed by atoms with Crippen molar-refractivity contribution in [1.29, 1.82) is 0 Å². The quantitative estimate of drug-likeness (QED) is 0.932. The minimum atomic E-state index is -0.779. The zero-order valence-electron chi connectivity index (χ0n) is 13.4. The Morgan fingerprint density at radius 2 is 2.14 bits per heavy atom. The highest BCUT2D eigenvalue weighted by Gasteiger charge is 2.42. The molecule has 2 unspecified atom stereocenters. The molecule has 1 fully saturated rings. The predicted octanol–water partition coefficient (Wildman–Crippen LogP) is 3.13. The van der Waals surface area contributed by atoms with Crippen molar-refractivity contribution in [3.8, 4) is 5.75 Å². The van der Waals surface area contributed by atoms with Crippen LogP contribution in [0.4, 0.5) is 0 Å². The molecule has 1 N–H and O–H groups in total. The van der Waals surface area contributed by atoms with Gasteiger partial charge in [-0.3, -0.25) is 9.69 Å². The molecule has 1 aromatic rings. The van der Waals surface area contributed by atoms with E-state index in [0.717, 1.165) is 24.3 Å². The number of hydrogen-bond acceptors (Lipinski definition) is 3. The Morgan fingerprint density at radius 1 is 1.36 bits per heavy atom. The molecular weight excluding hydrogens is 278 g/mol. The minimum Gasteiger partial charge on any atom is -0.481 e. The first-order valence-corrected chi connectivity index (χ1v) is 7.89. The first-order chi connectivity index (χ1) is 10.4. The predicted molar refractivity (Wildman–Crippen MR) is 86.2 cm³/mol. The fraction of sp³-hybridized carbons (Fsp3) is 0.500. The molecular formula is C18H23NO3. The third-order valence-corrected chi connectivity index (χ3v) is 4.78. The summed E-state index contributed by atoms with van der Waals surface area (Å²) < 4.78 is 6.25. The minimum absolute atomic E-state index is 0.379. The lowest BCUT2D eigenvalue weighted by molar-refractivity contribution is -0.142. The van der Waals surface area contributed by atoms with E-state index in [2.05, 4.69) is 38.1 Å². The largest absolute Gasteiger partial charge is 0.481 e. The van der Waals surface area contributed by atoms with Gasteiger partial charge in [-0.15, -0.1) is 0 Å². The zero-order chi connectivity index (χ0) is 15.9. The smallest absolute Gasteiger partial charge is 0.320 e. The van der Waals surface area contributed by atoms with E-state index in [0.29, 0.717) is 12.5 Å². The number of rotatable bonds is 3. The van der Waals surface area contributed by atoms with Crippen molar-refractivity contribution in [3.63, 3.8) is 0 Å². The monoisotopic (exact) mass is 301 g/mol. The topological polar surface area (TPSA) is 49.8 Å². The number of likely N-dealkylation sites (tertiary alicyclic amines) is 1. The lowest BCUT2D eigenvalue weighted by atomic mass is 9.94. The molecule has 1 aromatic carbocycles. The standard InChI is InChI=1S/C18H23NO3/c1-12(2)14-4-5-16-15(10-14)6-7-18(22-16)8-9-19(11-18)13(3)17(20)21/h4-7,10,12-13H,8-9,11H2,1-3H3,(H,20,21). The summed E-state index contributed by atoms with van der Waals surface area (Å²) in [5.41, 5.74) is 2.04. The Kier molecular flexibility index (Phi) is 3.73. The van der Waals surface area contributed by atoms with E-state index in [1.165, 1.54) is 5.56 Å². The van der Waals surface area contributed by atoms with E-state index >= 15 is 0 Å². The van der Waals surface area contributed by atoms with Gasteiger partial charge in [0.05, 0.1) is 0 Å². The summed E-state index contributed by atoms with van der Waals surface area (Å²) in [5, 5.41) is 9.17. The summed E-state index contributed by atoms with van der Waals surface area (Å²) >= 11 is 0. The maximum Gasteiger partial charge on any atom is 0.320 e. The normalized spacial score (nSPS) is 25.3. The van der Waals surface area contributed by atoms with Gasteiger partial charge >= 0.3 is 5.97 Å². The van der Waals surface area contributed by atoms with E-state index in [1.54, 1.807) is 6.92 Å². The SMILES string of the molecule is CC(C)c1ccc2c(c1)C=CC1(CCN(C(C)C(=O)O)C1)O2. The van der Waals surface area contributed by atoms with Gasteiger partial charge in [0.2, 0.25) is 0 Å². The Balaban J connectivity index is 1.80. The molecule has 0 radical (unpaired) electrons. The Labute approximate surface area is 131 Å². The van der Waals surface area contributed by atoms with Gasteiger partial charge in [0, 0.05) is 25.1 Å². The lowest BCUT2D eigenvalue weighted by Gasteiger charge is -2.32. The van der Waals surface area contributed by atoms with E-state index in [9.17, 15) is 4.79 Å². The van der Waals surface area contributed by atoms with Gasteiger partial charge in [0.25, 0.3) is 0 Å². The van der Waals surface area contributed by atoms with Crippen LogP contribution in [0.2, 0.25) is 0 Å². The number of carboxylic acids is 1. The molecule has 2 aliphatic rings. The molecule has 4 heteroatoms. The Morgan fingerprint density at radius 3 is 2.82 bits per heavy atom. The van der Waals surface area contributed by atoms with Gasteiger partial charge in [-0.2, -0.15) is 0 Å². The molecule has 0 saturated carbocycles. The molecule has 22 heavy (non-hydrogen) atoms. The van der Waals surface area contributed by atoms with Crippen LogP contribution in [0.25, 0.3) is 6.08 Å². The summed E-state index contributed by atoms with van der Waals surface area (Å²) in [7, 11) is 0. The van der Waals surface area contributed by atoms with Crippen LogP contribution in [0.3, 0.4) is 0 Å². The van der Waals surface area contributed by atoms with Crippen molar-refractivity contribution < 1.29 is 14.6 Å². The van der Waals surface area contributed by atoms with Crippen LogP contribution in [0.5, 0.6) is 5.75 Å². The Bertz CT molecular complexity index is 623. The van der Waals surface area contributed by atoms with E-state index in [1.807, 2.05) is 11.0 Å². The van der Waals surface area contributed by atoms with Crippen LogP contribution in [0, 0.1) is 0 Å². The summed E-state index contributed by atoms with van der Waals surface area (Å²) in [6.07, 6.45) is 5.06. The average molecular weight is 301 g/mol. The second kappa shape index (κ2) is 5.43. The van der Waals surface area contributed by atoms with E-state index in [4.69, 9.17) is 9.84 Å². The molecule has 0 amide bonds. The van der Waals surface area contributed by atoms with Gasteiger partial charge in [-0.05, 0) is 36.6 Å². The number of hydrogen-bond donors (Lipinski definition) is 1. The van der Waals surface area contributed by atoms with Crippen LogP contribution in [0.15, 0.2) is 24.3 Å². The molecule has 2 heterocycles. The van der Waals surface area contributed by atoms with Crippen LogP contribution in [-0.2, 0) is 4.79 Å². The van der Waals surface area contributed by atoms with Gasteiger partial charge in [0.15, 0.2) is 0 Å².